The van der Waals surface area contributed by atoms with Crippen molar-refractivity contribution >= 4 is 6.09 Å². The number of hydrogen-bond donors (Lipinski definition) is 1. The van der Waals surface area contributed by atoms with Gasteiger partial charge in [0, 0.05) is 12.6 Å². The zero-order valence-electron chi connectivity index (χ0n) is 12.8. The maximum atomic E-state index is 12.2. The van der Waals surface area contributed by atoms with E-state index in [2.05, 4.69) is 13.8 Å². The fraction of sp³-hybridized carbons (Fsp3) is 0.929. The number of nitrogens with zero attached hydrogens (tertiary/aromatic N) is 1. The average molecular weight is 272 g/mol. The molecule has 1 fully saturated rings. The van der Waals surface area contributed by atoms with E-state index in [1.807, 2.05) is 20.8 Å². The molecule has 0 aromatic rings. The van der Waals surface area contributed by atoms with E-state index in [4.69, 9.17) is 15.2 Å². The predicted octanol–water partition coefficient (Wildman–Crippen LogP) is 2.00. The molecule has 0 saturated carbocycles. The quantitative estimate of drug-likeness (QED) is 0.853. The van der Waals surface area contributed by atoms with Gasteiger partial charge >= 0.3 is 6.09 Å². The van der Waals surface area contributed by atoms with Gasteiger partial charge in [-0.25, -0.2) is 4.79 Å². The van der Waals surface area contributed by atoms with Crippen LogP contribution in [-0.2, 0) is 9.47 Å². The first kappa shape index (κ1) is 16.2. The van der Waals surface area contributed by atoms with Crippen LogP contribution in [0.25, 0.3) is 0 Å². The van der Waals surface area contributed by atoms with Crippen LogP contribution in [0.5, 0.6) is 0 Å². The summed E-state index contributed by atoms with van der Waals surface area (Å²) in [4.78, 5) is 14.0. The third-order valence-electron chi connectivity index (χ3n) is 3.54. The van der Waals surface area contributed by atoms with E-state index in [0.717, 1.165) is 6.42 Å². The molecule has 1 aliphatic rings. The summed E-state index contributed by atoms with van der Waals surface area (Å²) in [5.41, 5.74) is 5.78. The molecule has 112 valence electrons. The van der Waals surface area contributed by atoms with Gasteiger partial charge in [-0.05, 0) is 26.7 Å². The number of amides is 1. The molecule has 0 aromatic carbocycles. The number of morpholine rings is 1. The van der Waals surface area contributed by atoms with Gasteiger partial charge in [0.2, 0.25) is 0 Å². The van der Waals surface area contributed by atoms with Crippen LogP contribution in [-0.4, -0.2) is 48.4 Å². The second-order valence-corrected chi connectivity index (χ2v) is 6.28. The van der Waals surface area contributed by atoms with E-state index < -0.39 is 5.60 Å². The highest BCUT2D eigenvalue weighted by atomic mass is 16.6. The topological polar surface area (TPSA) is 64.8 Å². The number of carbonyl (C=O) groups is 1. The molecule has 0 aromatic heterocycles. The first-order valence-electron chi connectivity index (χ1n) is 7.09. The van der Waals surface area contributed by atoms with E-state index in [0.29, 0.717) is 25.7 Å². The van der Waals surface area contributed by atoms with E-state index in [9.17, 15) is 4.79 Å². The molecular formula is C14H28N2O3. The van der Waals surface area contributed by atoms with Gasteiger partial charge in [-0.15, -0.1) is 0 Å². The molecule has 1 saturated heterocycles. The van der Waals surface area contributed by atoms with Crippen molar-refractivity contribution in [2.45, 2.75) is 58.7 Å². The molecule has 0 bridgehead atoms. The fourth-order valence-corrected chi connectivity index (χ4v) is 2.14. The lowest BCUT2D eigenvalue weighted by Gasteiger charge is -2.40. The van der Waals surface area contributed by atoms with Crippen LogP contribution >= 0.6 is 0 Å². The maximum absolute atomic E-state index is 12.2. The van der Waals surface area contributed by atoms with Crippen LogP contribution in [0.1, 0.15) is 41.0 Å². The van der Waals surface area contributed by atoms with Crippen molar-refractivity contribution in [3.63, 3.8) is 0 Å². The van der Waals surface area contributed by atoms with Crippen molar-refractivity contribution < 1.29 is 14.3 Å². The number of ether oxygens (including phenoxy) is 2. The Morgan fingerprint density at radius 3 is 2.68 bits per heavy atom. The molecule has 2 N–H and O–H groups in total. The Morgan fingerprint density at radius 2 is 2.16 bits per heavy atom. The van der Waals surface area contributed by atoms with Gasteiger partial charge in [0.05, 0.1) is 19.3 Å². The Hall–Kier alpha value is -0.810. The van der Waals surface area contributed by atoms with Gasteiger partial charge in [-0.1, -0.05) is 20.3 Å². The largest absolute Gasteiger partial charge is 0.444 e. The highest BCUT2D eigenvalue weighted by Crippen LogP contribution is 2.20. The van der Waals surface area contributed by atoms with Crippen LogP contribution in [0.3, 0.4) is 0 Å². The van der Waals surface area contributed by atoms with Crippen LogP contribution in [0.4, 0.5) is 4.79 Å². The summed E-state index contributed by atoms with van der Waals surface area (Å²) in [6.45, 7) is 11.4. The summed E-state index contributed by atoms with van der Waals surface area (Å²) in [7, 11) is 0. The highest BCUT2D eigenvalue weighted by Gasteiger charge is 2.36. The molecule has 0 aliphatic carbocycles. The molecule has 19 heavy (non-hydrogen) atoms. The van der Waals surface area contributed by atoms with Crippen molar-refractivity contribution in [2.24, 2.45) is 11.7 Å². The van der Waals surface area contributed by atoms with Gasteiger partial charge in [-0.3, -0.25) is 4.90 Å². The van der Waals surface area contributed by atoms with Gasteiger partial charge in [-0.2, -0.15) is 0 Å². The van der Waals surface area contributed by atoms with Gasteiger partial charge < -0.3 is 15.2 Å². The minimum Gasteiger partial charge on any atom is -0.444 e. The van der Waals surface area contributed by atoms with Crippen molar-refractivity contribution in [1.29, 1.82) is 0 Å². The second kappa shape index (κ2) is 6.57. The van der Waals surface area contributed by atoms with E-state index >= 15 is 0 Å². The molecule has 1 rings (SSSR count). The molecule has 1 heterocycles. The standard InChI is InChI=1S/C14H28N2O3/c1-6-10(2)12(15)11-9-18-8-7-16(11)13(17)19-14(3,4)5/h10-12H,6-9,15H2,1-5H3. The number of rotatable bonds is 3. The lowest BCUT2D eigenvalue weighted by atomic mass is 9.92. The van der Waals surface area contributed by atoms with Crippen LogP contribution < -0.4 is 5.73 Å². The zero-order chi connectivity index (χ0) is 14.6. The minimum atomic E-state index is -0.486. The van der Waals surface area contributed by atoms with Crippen LogP contribution in [0, 0.1) is 5.92 Å². The van der Waals surface area contributed by atoms with Gasteiger partial charge in [0.15, 0.2) is 0 Å². The summed E-state index contributed by atoms with van der Waals surface area (Å²) in [5, 5.41) is 0. The Labute approximate surface area is 116 Å². The van der Waals surface area contributed by atoms with Crippen LogP contribution in [0.2, 0.25) is 0 Å². The van der Waals surface area contributed by atoms with E-state index in [-0.39, 0.29) is 18.2 Å². The fourth-order valence-electron chi connectivity index (χ4n) is 2.14. The Bertz CT molecular complexity index is 302. The molecular weight excluding hydrogens is 244 g/mol. The monoisotopic (exact) mass is 272 g/mol. The molecule has 3 unspecified atom stereocenters. The van der Waals surface area contributed by atoms with E-state index in [1.165, 1.54) is 0 Å². The predicted molar refractivity (Wildman–Crippen MR) is 75.0 cm³/mol. The van der Waals surface area contributed by atoms with Gasteiger partial charge in [0.25, 0.3) is 0 Å². The van der Waals surface area contributed by atoms with Crippen molar-refractivity contribution in [3.05, 3.63) is 0 Å². The molecule has 3 atom stereocenters. The minimum absolute atomic E-state index is 0.0854. The van der Waals surface area contributed by atoms with Gasteiger partial charge in [0.1, 0.15) is 5.60 Å². The third-order valence-corrected chi connectivity index (χ3v) is 3.54. The summed E-state index contributed by atoms with van der Waals surface area (Å²) >= 11 is 0. The smallest absolute Gasteiger partial charge is 0.410 e. The summed E-state index contributed by atoms with van der Waals surface area (Å²) in [5.74, 6) is 0.344. The number of carbonyl (C=O) groups excluding carboxylic acids is 1. The zero-order valence-corrected chi connectivity index (χ0v) is 12.8. The molecule has 1 amide bonds. The molecule has 5 heteroatoms. The summed E-state index contributed by atoms with van der Waals surface area (Å²) < 4.78 is 10.9. The first-order chi connectivity index (χ1) is 8.76. The lowest BCUT2D eigenvalue weighted by Crippen LogP contribution is -2.59. The molecule has 0 spiro atoms. The average Bonchev–Trinajstić information content (AvgIpc) is 2.35. The Kier molecular flexibility index (Phi) is 5.62. The normalized spacial score (nSPS) is 23.9. The third kappa shape index (κ3) is 4.66. The maximum Gasteiger partial charge on any atom is 0.410 e. The summed E-state index contributed by atoms with van der Waals surface area (Å²) in [6, 6.07) is -0.184. The lowest BCUT2D eigenvalue weighted by molar-refractivity contribution is -0.0419. The summed E-state index contributed by atoms with van der Waals surface area (Å²) in [6.07, 6.45) is 0.694. The van der Waals surface area contributed by atoms with Crippen LogP contribution in [0.15, 0.2) is 0 Å². The highest BCUT2D eigenvalue weighted by molar-refractivity contribution is 5.68. The second-order valence-electron chi connectivity index (χ2n) is 6.28. The van der Waals surface area contributed by atoms with Crippen molar-refractivity contribution in [3.8, 4) is 0 Å². The first-order valence-corrected chi connectivity index (χ1v) is 7.09. The Morgan fingerprint density at radius 1 is 1.53 bits per heavy atom. The molecule has 0 radical (unpaired) electrons. The SMILES string of the molecule is CCC(C)C(N)C1COCCN1C(=O)OC(C)(C)C. The number of hydrogen-bond acceptors (Lipinski definition) is 4. The van der Waals surface area contributed by atoms with E-state index in [1.54, 1.807) is 4.90 Å². The van der Waals surface area contributed by atoms with Crippen molar-refractivity contribution in [1.82, 2.24) is 4.90 Å². The van der Waals surface area contributed by atoms with Crippen molar-refractivity contribution in [2.75, 3.05) is 19.8 Å². The molecule has 1 aliphatic heterocycles. The Balaban J connectivity index is 2.74. The number of nitrogens with two attached hydrogens (primary N) is 1. The molecule has 5 nitrogen and oxygen atoms in total.